The highest BCUT2D eigenvalue weighted by Crippen LogP contribution is 2.26. The molecule has 0 aromatic heterocycles. The first-order valence-corrected chi connectivity index (χ1v) is 7.21. The van der Waals surface area contributed by atoms with Crippen LogP contribution in [0.2, 0.25) is 0 Å². The maximum absolute atomic E-state index is 11.3. The van der Waals surface area contributed by atoms with E-state index in [1.54, 1.807) is 0 Å². The molecule has 2 heterocycles. The van der Waals surface area contributed by atoms with E-state index in [-0.39, 0.29) is 5.91 Å². The first-order chi connectivity index (χ1) is 9.31. The fraction of sp³-hybridized carbons (Fsp3) is 0.533. The number of carbonyl (C=O) groups excluding carboxylic acids is 1. The van der Waals surface area contributed by atoms with Crippen LogP contribution < -0.4 is 16.0 Å². The smallest absolute Gasteiger partial charge is 0.224 e. The average molecular weight is 259 g/mol. The van der Waals surface area contributed by atoms with Crippen LogP contribution in [0.1, 0.15) is 31.2 Å². The van der Waals surface area contributed by atoms with Crippen molar-refractivity contribution < 1.29 is 4.79 Å². The highest BCUT2D eigenvalue weighted by atomic mass is 16.1. The number of nitrogens with one attached hydrogen (secondary N) is 3. The predicted octanol–water partition coefficient (Wildman–Crippen LogP) is 2.13. The summed E-state index contributed by atoms with van der Waals surface area (Å²) in [5.74, 6) is 0.128. The van der Waals surface area contributed by atoms with Crippen LogP contribution in [0.5, 0.6) is 0 Å². The lowest BCUT2D eigenvalue weighted by Crippen LogP contribution is -2.22. The van der Waals surface area contributed by atoms with E-state index in [0.29, 0.717) is 12.5 Å². The Morgan fingerprint density at radius 3 is 3.05 bits per heavy atom. The van der Waals surface area contributed by atoms with E-state index >= 15 is 0 Å². The predicted molar refractivity (Wildman–Crippen MR) is 77.5 cm³/mol. The topological polar surface area (TPSA) is 53.2 Å². The monoisotopic (exact) mass is 259 g/mol. The Bertz CT molecular complexity index is 464. The van der Waals surface area contributed by atoms with Gasteiger partial charge in [0.1, 0.15) is 0 Å². The first-order valence-electron chi connectivity index (χ1n) is 7.21. The summed E-state index contributed by atoms with van der Waals surface area (Å²) in [6.07, 6.45) is 5.08. The Morgan fingerprint density at radius 1 is 1.16 bits per heavy atom. The molecule has 1 amide bonds. The molecule has 0 radical (unpaired) electrons. The molecular weight excluding hydrogens is 238 g/mol. The lowest BCUT2D eigenvalue weighted by molar-refractivity contribution is -0.116. The summed E-state index contributed by atoms with van der Waals surface area (Å²) in [5.41, 5.74) is 3.41. The van der Waals surface area contributed by atoms with Crippen molar-refractivity contribution in [3.05, 3.63) is 23.8 Å². The van der Waals surface area contributed by atoms with Gasteiger partial charge >= 0.3 is 0 Å². The molecule has 2 aliphatic rings. The third-order valence-corrected chi connectivity index (χ3v) is 3.95. The van der Waals surface area contributed by atoms with Crippen LogP contribution in [0.15, 0.2) is 18.2 Å². The minimum absolute atomic E-state index is 0.128. The van der Waals surface area contributed by atoms with Crippen LogP contribution in [-0.2, 0) is 11.2 Å². The van der Waals surface area contributed by atoms with Crippen molar-refractivity contribution in [3.8, 4) is 0 Å². The Balaban J connectivity index is 1.69. The number of fused-ring (bicyclic) bond motifs is 1. The zero-order chi connectivity index (χ0) is 13.1. The largest absolute Gasteiger partial charge is 0.382 e. The second-order valence-corrected chi connectivity index (χ2v) is 5.44. The second kappa shape index (κ2) is 5.61. The lowest BCUT2D eigenvalue weighted by Gasteiger charge is -2.21. The molecule has 0 aliphatic carbocycles. The van der Waals surface area contributed by atoms with Crippen LogP contribution in [0.4, 0.5) is 11.4 Å². The van der Waals surface area contributed by atoms with Gasteiger partial charge in [0.05, 0.1) is 0 Å². The molecule has 1 unspecified atom stereocenters. The number of carbonyl (C=O) groups is 1. The van der Waals surface area contributed by atoms with E-state index in [2.05, 4.69) is 28.1 Å². The Kier molecular flexibility index (Phi) is 3.69. The van der Waals surface area contributed by atoms with Crippen LogP contribution >= 0.6 is 0 Å². The standard InChI is InChI=1S/C15H21N3O/c19-15-6-3-11-10-13(4-5-14(11)18-15)17-12-2-1-8-16-9-7-12/h4-5,10,12,16-17H,1-3,6-9H2,(H,18,19). The molecule has 1 aromatic carbocycles. The first kappa shape index (κ1) is 12.5. The van der Waals surface area contributed by atoms with Crippen molar-refractivity contribution in [2.45, 2.75) is 38.1 Å². The van der Waals surface area contributed by atoms with Crippen molar-refractivity contribution >= 4 is 17.3 Å². The van der Waals surface area contributed by atoms with Crippen LogP contribution in [-0.4, -0.2) is 25.0 Å². The van der Waals surface area contributed by atoms with Crippen LogP contribution in [0.25, 0.3) is 0 Å². The third kappa shape index (κ3) is 3.07. The van der Waals surface area contributed by atoms with Gasteiger partial charge < -0.3 is 16.0 Å². The third-order valence-electron chi connectivity index (χ3n) is 3.95. The minimum atomic E-state index is 0.128. The van der Waals surface area contributed by atoms with E-state index in [4.69, 9.17) is 0 Å². The van der Waals surface area contributed by atoms with Crippen LogP contribution in [0, 0.1) is 0 Å². The molecule has 0 saturated carbocycles. The molecule has 102 valence electrons. The van der Waals surface area contributed by atoms with Gasteiger partial charge in [-0.05, 0) is 62.5 Å². The number of aryl methyl sites for hydroxylation is 1. The summed E-state index contributed by atoms with van der Waals surface area (Å²) >= 11 is 0. The molecule has 3 rings (SSSR count). The maximum Gasteiger partial charge on any atom is 0.224 e. The average Bonchev–Trinajstić information content (AvgIpc) is 2.68. The summed E-state index contributed by atoms with van der Waals surface area (Å²) < 4.78 is 0. The van der Waals surface area contributed by atoms with Crippen molar-refractivity contribution in [2.24, 2.45) is 0 Å². The molecule has 0 bridgehead atoms. The van der Waals surface area contributed by atoms with E-state index in [1.165, 1.54) is 30.5 Å². The zero-order valence-electron chi connectivity index (χ0n) is 11.2. The number of hydrogen-bond donors (Lipinski definition) is 3. The molecule has 3 N–H and O–H groups in total. The summed E-state index contributed by atoms with van der Waals surface area (Å²) in [6, 6.07) is 6.84. The molecule has 1 fully saturated rings. The molecule has 2 aliphatic heterocycles. The Morgan fingerprint density at radius 2 is 2.11 bits per heavy atom. The molecule has 4 nitrogen and oxygen atoms in total. The van der Waals surface area contributed by atoms with Crippen molar-refractivity contribution in [1.82, 2.24) is 5.32 Å². The van der Waals surface area contributed by atoms with Crippen molar-refractivity contribution in [1.29, 1.82) is 0 Å². The Hall–Kier alpha value is -1.55. The summed E-state index contributed by atoms with van der Waals surface area (Å²) in [5, 5.41) is 9.98. The highest BCUT2D eigenvalue weighted by molar-refractivity contribution is 5.94. The molecule has 4 heteroatoms. The number of amides is 1. The van der Waals surface area contributed by atoms with Crippen molar-refractivity contribution in [3.63, 3.8) is 0 Å². The minimum Gasteiger partial charge on any atom is -0.382 e. The van der Waals surface area contributed by atoms with Gasteiger partial charge in [0.25, 0.3) is 0 Å². The van der Waals surface area contributed by atoms with Gasteiger partial charge in [-0.3, -0.25) is 4.79 Å². The maximum atomic E-state index is 11.3. The summed E-state index contributed by atoms with van der Waals surface area (Å²) in [4.78, 5) is 11.3. The lowest BCUT2D eigenvalue weighted by atomic mass is 10.0. The molecule has 19 heavy (non-hydrogen) atoms. The van der Waals surface area contributed by atoms with Gasteiger partial charge in [-0.25, -0.2) is 0 Å². The summed E-state index contributed by atoms with van der Waals surface area (Å²) in [6.45, 7) is 2.23. The number of rotatable bonds is 2. The van der Waals surface area contributed by atoms with Gasteiger partial charge in [-0.1, -0.05) is 0 Å². The molecule has 1 atom stereocenters. The molecule has 1 aromatic rings. The normalized spacial score (nSPS) is 23.2. The van der Waals surface area contributed by atoms with Crippen molar-refractivity contribution in [2.75, 3.05) is 23.7 Å². The van der Waals surface area contributed by atoms with E-state index in [0.717, 1.165) is 25.2 Å². The number of anilines is 2. The highest BCUT2D eigenvalue weighted by Gasteiger charge is 2.16. The Labute approximate surface area is 114 Å². The fourth-order valence-electron chi connectivity index (χ4n) is 2.87. The molecular formula is C15H21N3O. The van der Waals surface area contributed by atoms with E-state index in [1.807, 2.05) is 6.07 Å². The van der Waals surface area contributed by atoms with Gasteiger partial charge in [0, 0.05) is 23.8 Å². The van der Waals surface area contributed by atoms with E-state index in [9.17, 15) is 4.79 Å². The molecule has 1 saturated heterocycles. The summed E-state index contributed by atoms with van der Waals surface area (Å²) in [7, 11) is 0. The quantitative estimate of drug-likeness (QED) is 0.762. The van der Waals surface area contributed by atoms with Gasteiger partial charge in [-0.15, -0.1) is 0 Å². The fourth-order valence-corrected chi connectivity index (χ4v) is 2.87. The number of benzene rings is 1. The second-order valence-electron chi connectivity index (χ2n) is 5.44. The number of hydrogen-bond acceptors (Lipinski definition) is 3. The van der Waals surface area contributed by atoms with E-state index < -0.39 is 0 Å². The van der Waals surface area contributed by atoms with Crippen LogP contribution in [0.3, 0.4) is 0 Å². The SMILES string of the molecule is O=C1CCc2cc(NC3CCCNCC3)ccc2N1. The molecule has 0 spiro atoms. The van der Waals surface area contributed by atoms with Gasteiger partial charge in [0.15, 0.2) is 0 Å². The zero-order valence-corrected chi connectivity index (χ0v) is 11.2. The van der Waals surface area contributed by atoms with Gasteiger partial charge in [-0.2, -0.15) is 0 Å². The van der Waals surface area contributed by atoms with Gasteiger partial charge in [0.2, 0.25) is 5.91 Å².